The van der Waals surface area contributed by atoms with Crippen molar-refractivity contribution in [3.05, 3.63) is 64.1 Å². The highest BCUT2D eigenvalue weighted by molar-refractivity contribution is 7.92. The molecule has 10 heteroatoms. The van der Waals surface area contributed by atoms with Crippen LogP contribution in [0.1, 0.15) is 19.4 Å². The van der Waals surface area contributed by atoms with Crippen LogP contribution in [-0.2, 0) is 26.2 Å². The third kappa shape index (κ3) is 6.85. The second kappa shape index (κ2) is 10.8. The fourth-order valence-corrected chi connectivity index (χ4v) is 4.25. The van der Waals surface area contributed by atoms with E-state index in [1.165, 1.54) is 23.1 Å². The van der Waals surface area contributed by atoms with E-state index in [4.69, 9.17) is 23.2 Å². The zero-order valence-corrected chi connectivity index (χ0v) is 19.8. The van der Waals surface area contributed by atoms with E-state index < -0.39 is 28.5 Å². The van der Waals surface area contributed by atoms with Crippen LogP contribution in [0, 0.1) is 0 Å². The number of likely N-dealkylation sites (N-methyl/N-ethyl adjacent to an activating group) is 1. The standard InChI is InChI=1S/C21H25Cl2N3O4S/c1-4-24-21(28)15(2)25(13-16-8-6-5-7-9-16)20(27)14-26(31(3,29)30)19-12-17(22)10-11-18(19)23/h5-12,15H,4,13-14H2,1-3H3,(H,24,28)/t15-/m0/s1. The molecule has 0 unspecified atom stereocenters. The molecule has 0 spiro atoms. The fourth-order valence-electron chi connectivity index (χ4n) is 2.96. The lowest BCUT2D eigenvalue weighted by atomic mass is 10.1. The molecular weight excluding hydrogens is 461 g/mol. The lowest BCUT2D eigenvalue weighted by Crippen LogP contribution is -2.51. The van der Waals surface area contributed by atoms with Gasteiger partial charge in [-0.3, -0.25) is 13.9 Å². The highest BCUT2D eigenvalue weighted by Gasteiger charge is 2.30. The largest absolute Gasteiger partial charge is 0.355 e. The number of nitrogens with zero attached hydrogens (tertiary/aromatic N) is 2. The summed E-state index contributed by atoms with van der Waals surface area (Å²) in [5.74, 6) is -0.887. The topological polar surface area (TPSA) is 86.8 Å². The van der Waals surface area contributed by atoms with Crippen LogP contribution in [0.5, 0.6) is 0 Å². The molecule has 0 heterocycles. The van der Waals surface area contributed by atoms with Crippen LogP contribution in [0.25, 0.3) is 0 Å². The first-order valence-corrected chi connectivity index (χ1v) is 12.2. The molecule has 1 atom stereocenters. The maximum absolute atomic E-state index is 13.3. The molecule has 2 aromatic rings. The Bertz CT molecular complexity index is 1030. The number of anilines is 1. The van der Waals surface area contributed by atoms with Gasteiger partial charge in [0.15, 0.2) is 0 Å². The quantitative estimate of drug-likeness (QED) is 0.589. The Kier molecular flexibility index (Phi) is 8.73. The smallest absolute Gasteiger partial charge is 0.244 e. The third-order valence-corrected chi connectivity index (χ3v) is 6.25. The highest BCUT2D eigenvalue weighted by Crippen LogP contribution is 2.30. The number of sulfonamides is 1. The second-order valence-corrected chi connectivity index (χ2v) is 9.69. The van der Waals surface area contributed by atoms with Crippen LogP contribution >= 0.6 is 23.2 Å². The summed E-state index contributed by atoms with van der Waals surface area (Å²) in [6.45, 7) is 3.39. The number of carbonyl (C=O) groups excluding carboxylic acids is 2. The van der Waals surface area contributed by atoms with E-state index in [2.05, 4.69) is 5.32 Å². The Morgan fingerprint density at radius 1 is 1.10 bits per heavy atom. The van der Waals surface area contributed by atoms with Crippen molar-refractivity contribution in [2.24, 2.45) is 0 Å². The number of amides is 2. The average Bonchev–Trinajstić information content (AvgIpc) is 2.71. The molecule has 0 radical (unpaired) electrons. The van der Waals surface area contributed by atoms with Gasteiger partial charge >= 0.3 is 0 Å². The predicted octanol–water partition coefficient (Wildman–Crippen LogP) is 3.31. The molecule has 0 saturated carbocycles. The van der Waals surface area contributed by atoms with Crippen molar-refractivity contribution >= 4 is 50.7 Å². The minimum atomic E-state index is -3.87. The zero-order chi connectivity index (χ0) is 23.2. The van der Waals surface area contributed by atoms with Gasteiger partial charge in [0, 0.05) is 18.1 Å². The molecule has 2 rings (SSSR count). The lowest BCUT2D eigenvalue weighted by molar-refractivity contribution is -0.139. The summed E-state index contributed by atoms with van der Waals surface area (Å²) >= 11 is 12.2. The van der Waals surface area contributed by atoms with Gasteiger partial charge in [0.1, 0.15) is 12.6 Å². The van der Waals surface area contributed by atoms with E-state index in [1.54, 1.807) is 13.8 Å². The molecule has 0 saturated heterocycles. The SMILES string of the molecule is CCNC(=O)[C@H](C)N(Cc1ccccc1)C(=O)CN(c1cc(Cl)ccc1Cl)S(C)(=O)=O. The highest BCUT2D eigenvalue weighted by atomic mass is 35.5. The summed E-state index contributed by atoms with van der Waals surface area (Å²) in [5.41, 5.74) is 0.897. The lowest BCUT2D eigenvalue weighted by Gasteiger charge is -2.31. The average molecular weight is 486 g/mol. The first-order chi connectivity index (χ1) is 14.5. The first kappa shape index (κ1) is 25.0. The van der Waals surface area contributed by atoms with E-state index in [-0.39, 0.29) is 28.2 Å². The monoisotopic (exact) mass is 485 g/mol. The summed E-state index contributed by atoms with van der Waals surface area (Å²) in [5, 5.41) is 3.10. The van der Waals surface area contributed by atoms with Crippen LogP contribution in [0.2, 0.25) is 10.0 Å². The summed E-state index contributed by atoms with van der Waals surface area (Å²) in [7, 11) is -3.87. The van der Waals surface area contributed by atoms with Gasteiger partial charge in [-0.15, -0.1) is 0 Å². The van der Waals surface area contributed by atoms with Crippen LogP contribution in [-0.4, -0.2) is 50.5 Å². The van der Waals surface area contributed by atoms with Crippen LogP contribution in [0.4, 0.5) is 5.69 Å². The number of carbonyl (C=O) groups is 2. The summed E-state index contributed by atoms with van der Waals surface area (Å²) in [6, 6.07) is 12.7. The molecule has 2 amide bonds. The maximum atomic E-state index is 13.3. The van der Waals surface area contributed by atoms with Gasteiger partial charge in [0.25, 0.3) is 0 Å². The van der Waals surface area contributed by atoms with Crippen molar-refractivity contribution in [3.63, 3.8) is 0 Å². The minimum absolute atomic E-state index is 0.0929. The van der Waals surface area contributed by atoms with Gasteiger partial charge < -0.3 is 10.2 Å². The summed E-state index contributed by atoms with van der Waals surface area (Å²) < 4.78 is 25.9. The van der Waals surface area contributed by atoms with E-state index in [0.29, 0.717) is 6.54 Å². The van der Waals surface area contributed by atoms with E-state index >= 15 is 0 Å². The Morgan fingerprint density at radius 2 is 1.74 bits per heavy atom. The van der Waals surface area contributed by atoms with Crippen molar-refractivity contribution in [2.45, 2.75) is 26.4 Å². The number of halogens is 2. The molecule has 2 aromatic carbocycles. The molecular formula is C21H25Cl2N3O4S. The number of hydrogen-bond donors (Lipinski definition) is 1. The molecule has 0 aromatic heterocycles. The number of benzene rings is 2. The van der Waals surface area contributed by atoms with Crippen LogP contribution in [0.15, 0.2) is 48.5 Å². The van der Waals surface area contributed by atoms with Crippen LogP contribution < -0.4 is 9.62 Å². The van der Waals surface area contributed by atoms with Gasteiger partial charge in [-0.2, -0.15) is 0 Å². The molecule has 31 heavy (non-hydrogen) atoms. The molecule has 0 bridgehead atoms. The molecule has 7 nitrogen and oxygen atoms in total. The molecule has 0 aliphatic rings. The number of rotatable bonds is 9. The van der Waals surface area contributed by atoms with Gasteiger partial charge in [-0.05, 0) is 37.6 Å². The Labute approximate surface area is 193 Å². The molecule has 0 aliphatic carbocycles. The van der Waals surface area contributed by atoms with Gasteiger partial charge in [-0.25, -0.2) is 8.42 Å². The Hall–Kier alpha value is -2.29. The summed E-state index contributed by atoms with van der Waals surface area (Å²) in [4.78, 5) is 27.1. The van der Waals surface area contributed by atoms with Gasteiger partial charge in [0.2, 0.25) is 21.8 Å². The molecule has 1 N–H and O–H groups in total. The number of hydrogen-bond acceptors (Lipinski definition) is 4. The maximum Gasteiger partial charge on any atom is 0.244 e. The van der Waals surface area contributed by atoms with Crippen LogP contribution in [0.3, 0.4) is 0 Å². The van der Waals surface area contributed by atoms with Crippen molar-refractivity contribution < 1.29 is 18.0 Å². The molecule has 168 valence electrons. The number of nitrogens with one attached hydrogen (secondary N) is 1. The minimum Gasteiger partial charge on any atom is -0.355 e. The zero-order valence-electron chi connectivity index (χ0n) is 17.5. The van der Waals surface area contributed by atoms with E-state index in [0.717, 1.165) is 16.1 Å². The second-order valence-electron chi connectivity index (χ2n) is 6.94. The van der Waals surface area contributed by atoms with Gasteiger partial charge in [-0.1, -0.05) is 53.5 Å². The molecule has 0 aliphatic heterocycles. The predicted molar refractivity (Wildman–Crippen MR) is 124 cm³/mol. The summed E-state index contributed by atoms with van der Waals surface area (Å²) in [6.07, 6.45) is 0.978. The fraction of sp³-hybridized carbons (Fsp3) is 0.333. The normalized spacial score (nSPS) is 12.2. The van der Waals surface area contributed by atoms with Gasteiger partial charge in [0.05, 0.1) is 17.0 Å². The van der Waals surface area contributed by atoms with E-state index in [9.17, 15) is 18.0 Å². The first-order valence-electron chi connectivity index (χ1n) is 9.58. The Balaban J connectivity index is 2.41. The van der Waals surface area contributed by atoms with Crippen molar-refractivity contribution in [1.29, 1.82) is 0 Å². The molecule has 0 fully saturated rings. The Morgan fingerprint density at radius 3 is 2.32 bits per heavy atom. The van der Waals surface area contributed by atoms with Crippen molar-refractivity contribution in [1.82, 2.24) is 10.2 Å². The third-order valence-electron chi connectivity index (χ3n) is 4.57. The van der Waals surface area contributed by atoms with E-state index in [1.807, 2.05) is 30.3 Å². The van der Waals surface area contributed by atoms with Crippen molar-refractivity contribution in [2.75, 3.05) is 23.7 Å². The van der Waals surface area contributed by atoms with Crippen molar-refractivity contribution in [3.8, 4) is 0 Å².